The van der Waals surface area contributed by atoms with Gasteiger partial charge in [0.1, 0.15) is 0 Å². The van der Waals surface area contributed by atoms with Crippen LogP contribution in [0.4, 0.5) is 0 Å². The molecule has 3 aromatic rings. The average molecular weight is 352 g/mol. The number of H-pyrrole nitrogens is 1. The maximum absolute atomic E-state index is 12.3. The zero-order valence-corrected chi connectivity index (χ0v) is 15.2. The first-order valence-corrected chi connectivity index (χ1v) is 9.27. The molecule has 0 radical (unpaired) electrons. The lowest BCUT2D eigenvalue weighted by Gasteiger charge is -2.30. The normalized spacial score (nSPS) is 16.6. The second kappa shape index (κ2) is 7.03. The van der Waals surface area contributed by atoms with Gasteiger partial charge in [-0.2, -0.15) is 4.98 Å². The Balaban J connectivity index is 1.42. The molecule has 1 aliphatic rings. The van der Waals surface area contributed by atoms with Gasteiger partial charge in [-0.1, -0.05) is 37.2 Å². The highest BCUT2D eigenvalue weighted by molar-refractivity contribution is 5.78. The van der Waals surface area contributed by atoms with Crippen LogP contribution in [0.2, 0.25) is 0 Å². The Morgan fingerprint density at radius 2 is 2.04 bits per heavy atom. The monoisotopic (exact) mass is 352 g/mol. The third-order valence-corrected chi connectivity index (χ3v) is 5.13. The quantitative estimate of drug-likeness (QED) is 0.779. The molecule has 0 spiro atoms. The van der Waals surface area contributed by atoms with Crippen LogP contribution in [0.25, 0.3) is 10.9 Å². The number of hydrogen-bond acceptors (Lipinski definition) is 5. The molecule has 26 heavy (non-hydrogen) atoms. The lowest BCUT2D eigenvalue weighted by Crippen LogP contribution is -2.34. The van der Waals surface area contributed by atoms with E-state index in [2.05, 4.69) is 33.9 Å². The summed E-state index contributed by atoms with van der Waals surface area (Å²) in [4.78, 5) is 22.2. The first kappa shape index (κ1) is 17.0. The average Bonchev–Trinajstić information content (AvgIpc) is 3.13. The van der Waals surface area contributed by atoms with Gasteiger partial charge < -0.3 is 9.51 Å². The number of nitrogens with one attached hydrogen (secondary N) is 1. The minimum Gasteiger partial charge on any atom is -0.339 e. The Kier molecular flexibility index (Phi) is 4.59. The predicted molar refractivity (Wildman–Crippen MR) is 100 cm³/mol. The lowest BCUT2D eigenvalue weighted by atomic mass is 9.96. The molecule has 1 fully saturated rings. The Morgan fingerprint density at radius 1 is 1.27 bits per heavy atom. The number of rotatable bonds is 4. The molecule has 4 rings (SSSR count). The van der Waals surface area contributed by atoms with Crippen LogP contribution < -0.4 is 5.56 Å². The Labute approximate surface area is 152 Å². The van der Waals surface area contributed by atoms with Crippen LogP contribution in [0.3, 0.4) is 0 Å². The van der Waals surface area contributed by atoms with Gasteiger partial charge in [-0.3, -0.25) is 9.69 Å². The molecule has 0 aliphatic carbocycles. The number of nitrogens with zero attached hydrogens (tertiary/aromatic N) is 3. The van der Waals surface area contributed by atoms with Crippen molar-refractivity contribution in [3.8, 4) is 0 Å². The molecular weight excluding hydrogens is 328 g/mol. The van der Waals surface area contributed by atoms with Crippen LogP contribution in [0.5, 0.6) is 0 Å². The molecule has 0 bridgehead atoms. The summed E-state index contributed by atoms with van der Waals surface area (Å²) in [6.07, 6.45) is 1.95. The van der Waals surface area contributed by atoms with Gasteiger partial charge in [0.2, 0.25) is 5.89 Å². The first-order chi connectivity index (χ1) is 12.6. The van der Waals surface area contributed by atoms with Gasteiger partial charge >= 0.3 is 0 Å². The second-order valence-electron chi connectivity index (χ2n) is 7.41. The number of fused-ring (bicyclic) bond motifs is 1. The molecule has 1 aromatic carbocycles. The molecule has 0 saturated carbocycles. The van der Waals surface area contributed by atoms with Crippen molar-refractivity contribution in [1.29, 1.82) is 0 Å². The van der Waals surface area contributed by atoms with E-state index >= 15 is 0 Å². The summed E-state index contributed by atoms with van der Waals surface area (Å²) < 4.78 is 5.45. The van der Waals surface area contributed by atoms with Crippen molar-refractivity contribution in [2.75, 3.05) is 13.1 Å². The summed E-state index contributed by atoms with van der Waals surface area (Å²) in [5, 5.41) is 5.15. The second-order valence-corrected chi connectivity index (χ2v) is 7.41. The number of para-hydroxylation sites is 1. The lowest BCUT2D eigenvalue weighted by molar-refractivity contribution is 0.187. The molecular formula is C20H24N4O2. The first-order valence-electron chi connectivity index (χ1n) is 9.27. The number of aromatic amines is 1. The van der Waals surface area contributed by atoms with E-state index in [9.17, 15) is 4.79 Å². The highest BCUT2D eigenvalue weighted by Gasteiger charge is 2.26. The number of pyridine rings is 1. The fourth-order valence-corrected chi connectivity index (χ4v) is 3.54. The maximum atomic E-state index is 12.3. The molecule has 6 nitrogen and oxygen atoms in total. The summed E-state index contributed by atoms with van der Waals surface area (Å²) in [5.74, 6) is 2.15. The van der Waals surface area contributed by atoms with Gasteiger partial charge in [0.15, 0.2) is 5.82 Å². The van der Waals surface area contributed by atoms with Gasteiger partial charge in [0.05, 0.1) is 0 Å². The predicted octanol–water partition coefficient (Wildman–Crippen LogP) is 3.41. The molecule has 136 valence electrons. The number of aromatic nitrogens is 3. The highest BCUT2D eigenvalue weighted by atomic mass is 16.5. The van der Waals surface area contributed by atoms with E-state index in [0.717, 1.165) is 54.1 Å². The molecule has 1 N–H and O–H groups in total. The third kappa shape index (κ3) is 3.42. The summed E-state index contributed by atoms with van der Waals surface area (Å²) in [6, 6.07) is 9.90. The van der Waals surface area contributed by atoms with E-state index < -0.39 is 0 Å². The van der Waals surface area contributed by atoms with Gasteiger partial charge in [0, 0.05) is 29.5 Å². The van der Waals surface area contributed by atoms with Crippen LogP contribution in [-0.4, -0.2) is 33.1 Å². The standard InChI is InChI=1S/C20H24N4O2/c1-13(2)18-22-20(26-23-18)14-7-9-24(10-8-14)12-16-11-15-5-3-4-6-17(15)21-19(16)25/h3-6,11,13-14H,7-10,12H2,1-2H3,(H,21,25). The smallest absolute Gasteiger partial charge is 0.252 e. The highest BCUT2D eigenvalue weighted by Crippen LogP contribution is 2.28. The van der Waals surface area contributed by atoms with Crippen molar-refractivity contribution < 1.29 is 4.52 Å². The van der Waals surface area contributed by atoms with Gasteiger partial charge in [0.25, 0.3) is 5.56 Å². The van der Waals surface area contributed by atoms with Crippen LogP contribution >= 0.6 is 0 Å². The van der Waals surface area contributed by atoms with Crippen molar-refractivity contribution in [2.45, 2.75) is 45.1 Å². The maximum Gasteiger partial charge on any atom is 0.252 e. The Bertz CT molecular complexity index is 952. The molecule has 0 unspecified atom stereocenters. The minimum absolute atomic E-state index is 0.00398. The third-order valence-electron chi connectivity index (χ3n) is 5.13. The van der Waals surface area contributed by atoms with Gasteiger partial charge in [-0.05, 0) is 43.5 Å². The SMILES string of the molecule is CC(C)c1noc(C2CCN(Cc3cc4ccccc4[nH]c3=O)CC2)n1. The topological polar surface area (TPSA) is 75.0 Å². The van der Waals surface area contributed by atoms with Crippen LogP contribution in [0, 0.1) is 0 Å². The van der Waals surface area contributed by atoms with E-state index in [0.29, 0.717) is 12.5 Å². The van der Waals surface area contributed by atoms with Crippen molar-refractivity contribution >= 4 is 10.9 Å². The molecule has 6 heteroatoms. The fourth-order valence-electron chi connectivity index (χ4n) is 3.54. The fraction of sp³-hybridized carbons (Fsp3) is 0.450. The van der Waals surface area contributed by atoms with Gasteiger partial charge in [-0.25, -0.2) is 0 Å². The molecule has 3 heterocycles. The number of piperidine rings is 1. The van der Waals surface area contributed by atoms with Crippen LogP contribution in [-0.2, 0) is 6.54 Å². The number of likely N-dealkylation sites (tertiary alicyclic amines) is 1. The van der Waals surface area contributed by atoms with E-state index in [1.807, 2.05) is 30.3 Å². The van der Waals surface area contributed by atoms with E-state index in [1.165, 1.54) is 0 Å². The zero-order valence-electron chi connectivity index (χ0n) is 15.2. The summed E-state index contributed by atoms with van der Waals surface area (Å²) >= 11 is 0. The van der Waals surface area contributed by atoms with E-state index in [1.54, 1.807) is 0 Å². The Morgan fingerprint density at radius 3 is 2.77 bits per heavy atom. The molecule has 1 aliphatic heterocycles. The number of hydrogen-bond donors (Lipinski definition) is 1. The molecule has 1 saturated heterocycles. The molecule has 0 amide bonds. The van der Waals surface area contributed by atoms with Crippen molar-refractivity contribution in [3.63, 3.8) is 0 Å². The summed E-state index contributed by atoms with van der Waals surface area (Å²) in [5.41, 5.74) is 1.71. The van der Waals surface area contributed by atoms with Crippen molar-refractivity contribution in [1.82, 2.24) is 20.0 Å². The largest absolute Gasteiger partial charge is 0.339 e. The van der Waals surface area contributed by atoms with E-state index in [-0.39, 0.29) is 11.5 Å². The minimum atomic E-state index is 0.00398. The van der Waals surface area contributed by atoms with Gasteiger partial charge in [-0.15, -0.1) is 0 Å². The molecule has 0 atom stereocenters. The molecule has 2 aromatic heterocycles. The Hall–Kier alpha value is -2.47. The van der Waals surface area contributed by atoms with Crippen molar-refractivity contribution in [2.24, 2.45) is 0 Å². The number of benzene rings is 1. The zero-order chi connectivity index (χ0) is 18.1. The van der Waals surface area contributed by atoms with Crippen molar-refractivity contribution in [3.05, 3.63) is 58.0 Å². The van der Waals surface area contributed by atoms with Crippen LogP contribution in [0.1, 0.15) is 55.8 Å². The summed E-state index contributed by atoms with van der Waals surface area (Å²) in [7, 11) is 0. The summed E-state index contributed by atoms with van der Waals surface area (Å²) in [6.45, 7) is 6.66. The van der Waals surface area contributed by atoms with Crippen LogP contribution in [0.15, 0.2) is 39.6 Å². The van der Waals surface area contributed by atoms with E-state index in [4.69, 9.17) is 4.52 Å².